The summed E-state index contributed by atoms with van der Waals surface area (Å²) in [6.45, 7) is 2.23. The van der Waals surface area contributed by atoms with E-state index in [1.807, 2.05) is 4.57 Å². The topological polar surface area (TPSA) is 86.6 Å². The lowest BCUT2D eigenvalue weighted by Crippen LogP contribution is -2.27. The molecule has 1 N–H and O–H groups in total. The molecule has 3 aromatic rings. The summed E-state index contributed by atoms with van der Waals surface area (Å²) in [5.74, 6) is 0.193. The van der Waals surface area contributed by atoms with E-state index in [1.165, 1.54) is 7.05 Å². The van der Waals surface area contributed by atoms with Gasteiger partial charge in [0.25, 0.3) is 5.89 Å². The summed E-state index contributed by atoms with van der Waals surface area (Å²) in [6.07, 6.45) is -2.85. The number of aromatic nitrogens is 6. The molecule has 0 saturated carbocycles. The van der Waals surface area contributed by atoms with Gasteiger partial charge in [0.15, 0.2) is 11.4 Å². The maximum Gasteiger partial charge on any atom is 0.435 e. The van der Waals surface area contributed by atoms with Gasteiger partial charge < -0.3 is 14.4 Å². The number of halogens is 3. The van der Waals surface area contributed by atoms with Crippen molar-refractivity contribution >= 4 is 0 Å². The first kappa shape index (κ1) is 14.9. The van der Waals surface area contributed by atoms with Crippen LogP contribution in [0.5, 0.6) is 0 Å². The predicted molar refractivity (Wildman–Crippen MR) is 74.4 cm³/mol. The second-order valence-corrected chi connectivity index (χ2v) is 5.37. The molecule has 0 radical (unpaired) electrons. The van der Waals surface area contributed by atoms with Crippen LogP contribution in [-0.4, -0.2) is 36.0 Å². The van der Waals surface area contributed by atoms with Gasteiger partial charge in [-0.1, -0.05) is 5.16 Å². The van der Waals surface area contributed by atoms with Crippen LogP contribution in [0.4, 0.5) is 13.2 Å². The summed E-state index contributed by atoms with van der Waals surface area (Å²) in [4.78, 5) is 8.44. The average Bonchev–Trinajstić information content (AvgIpc) is 3.22. The summed E-state index contributed by atoms with van der Waals surface area (Å²) in [7, 11) is 1.39. The lowest BCUT2D eigenvalue weighted by atomic mass is 10.2. The Morgan fingerprint density at radius 3 is 2.92 bits per heavy atom. The molecule has 3 aromatic heterocycles. The standard InChI is InChI=1S/C13H12F3N7O/c1-22-7(4-9(20-22)13(14,15)16)11-19-12(24-21-11)10-8-5-17-2-3-23(8)6-18-10/h4,6,17H,2-3,5H2,1H3. The van der Waals surface area contributed by atoms with Crippen LogP contribution in [0.2, 0.25) is 0 Å². The molecule has 0 amide bonds. The molecule has 0 spiro atoms. The molecule has 1 aliphatic heterocycles. The van der Waals surface area contributed by atoms with Crippen LogP contribution in [0, 0.1) is 0 Å². The zero-order valence-corrected chi connectivity index (χ0v) is 12.5. The van der Waals surface area contributed by atoms with E-state index < -0.39 is 11.9 Å². The van der Waals surface area contributed by atoms with Crippen molar-refractivity contribution in [3.63, 3.8) is 0 Å². The number of nitrogens with zero attached hydrogens (tertiary/aromatic N) is 6. The van der Waals surface area contributed by atoms with Gasteiger partial charge in [-0.15, -0.1) is 0 Å². The number of alkyl halides is 3. The molecule has 0 fully saturated rings. The summed E-state index contributed by atoms with van der Waals surface area (Å²) in [5, 5.41) is 10.4. The predicted octanol–water partition coefficient (Wildman–Crippen LogP) is 1.46. The first-order valence-electron chi connectivity index (χ1n) is 7.14. The number of hydrogen-bond donors (Lipinski definition) is 1. The number of aryl methyl sites for hydroxylation is 1. The fraction of sp³-hybridized carbons (Fsp3) is 0.385. The van der Waals surface area contributed by atoms with Gasteiger partial charge in [-0.05, 0) is 6.07 Å². The summed E-state index contributed by atoms with van der Waals surface area (Å²) >= 11 is 0. The Morgan fingerprint density at radius 2 is 2.17 bits per heavy atom. The fourth-order valence-corrected chi connectivity index (χ4v) is 2.61. The summed E-state index contributed by atoms with van der Waals surface area (Å²) in [5.41, 5.74) is 0.537. The average molecular weight is 339 g/mol. The molecular weight excluding hydrogens is 327 g/mol. The molecule has 0 unspecified atom stereocenters. The van der Waals surface area contributed by atoms with E-state index in [9.17, 15) is 13.2 Å². The van der Waals surface area contributed by atoms with Crippen LogP contribution in [0.15, 0.2) is 16.9 Å². The van der Waals surface area contributed by atoms with Gasteiger partial charge in [0, 0.05) is 26.7 Å². The molecule has 0 aromatic carbocycles. The minimum absolute atomic E-state index is 0.0287. The third-order valence-electron chi connectivity index (χ3n) is 3.80. The Balaban J connectivity index is 1.71. The molecule has 8 nitrogen and oxygen atoms in total. The van der Waals surface area contributed by atoms with Gasteiger partial charge >= 0.3 is 6.18 Å². The highest BCUT2D eigenvalue weighted by atomic mass is 19.4. The quantitative estimate of drug-likeness (QED) is 0.761. The highest BCUT2D eigenvalue weighted by molar-refractivity contribution is 5.57. The maximum absolute atomic E-state index is 12.8. The van der Waals surface area contributed by atoms with Crippen LogP contribution < -0.4 is 5.32 Å². The van der Waals surface area contributed by atoms with E-state index in [2.05, 4.69) is 25.5 Å². The van der Waals surface area contributed by atoms with Crippen molar-refractivity contribution < 1.29 is 17.7 Å². The van der Waals surface area contributed by atoms with Crippen LogP contribution in [-0.2, 0) is 26.3 Å². The Bertz CT molecular complexity index is 892. The zero-order valence-electron chi connectivity index (χ0n) is 12.5. The monoisotopic (exact) mass is 339 g/mol. The lowest BCUT2D eigenvalue weighted by molar-refractivity contribution is -0.141. The Labute approximate surface area is 133 Å². The van der Waals surface area contributed by atoms with Crippen LogP contribution in [0.3, 0.4) is 0 Å². The van der Waals surface area contributed by atoms with Crippen molar-refractivity contribution in [2.45, 2.75) is 19.3 Å². The van der Waals surface area contributed by atoms with E-state index in [1.54, 1.807) is 6.33 Å². The van der Waals surface area contributed by atoms with Gasteiger partial charge in [0.1, 0.15) is 5.69 Å². The molecular formula is C13H12F3N7O. The van der Waals surface area contributed by atoms with Gasteiger partial charge in [-0.2, -0.15) is 23.3 Å². The van der Waals surface area contributed by atoms with Gasteiger partial charge in [-0.3, -0.25) is 4.68 Å². The molecule has 0 atom stereocenters. The lowest BCUT2D eigenvalue weighted by Gasteiger charge is -2.15. The Morgan fingerprint density at radius 1 is 1.33 bits per heavy atom. The van der Waals surface area contributed by atoms with Gasteiger partial charge in [-0.25, -0.2) is 4.98 Å². The second-order valence-electron chi connectivity index (χ2n) is 5.37. The number of nitrogens with one attached hydrogen (secondary N) is 1. The number of hydrogen-bond acceptors (Lipinski definition) is 6. The second kappa shape index (κ2) is 5.16. The van der Waals surface area contributed by atoms with Crippen LogP contribution in [0.25, 0.3) is 23.1 Å². The van der Waals surface area contributed by atoms with Crippen molar-refractivity contribution in [1.29, 1.82) is 0 Å². The summed E-state index contributed by atoms with van der Waals surface area (Å²) < 4.78 is 46.5. The van der Waals surface area contributed by atoms with Crippen molar-refractivity contribution in [2.24, 2.45) is 7.05 Å². The first-order chi connectivity index (χ1) is 11.4. The molecule has 0 saturated heterocycles. The minimum Gasteiger partial charge on any atom is -0.332 e. The van der Waals surface area contributed by atoms with Crippen molar-refractivity contribution in [3.05, 3.63) is 23.8 Å². The van der Waals surface area contributed by atoms with E-state index in [0.717, 1.165) is 29.5 Å². The fourth-order valence-electron chi connectivity index (χ4n) is 2.61. The van der Waals surface area contributed by atoms with E-state index in [-0.39, 0.29) is 17.4 Å². The third-order valence-corrected chi connectivity index (χ3v) is 3.80. The minimum atomic E-state index is -4.53. The molecule has 1 aliphatic rings. The van der Waals surface area contributed by atoms with E-state index in [4.69, 9.17) is 4.52 Å². The molecule has 24 heavy (non-hydrogen) atoms. The maximum atomic E-state index is 12.8. The van der Waals surface area contributed by atoms with Crippen molar-refractivity contribution in [1.82, 2.24) is 34.8 Å². The zero-order chi connectivity index (χ0) is 16.9. The van der Waals surface area contributed by atoms with E-state index >= 15 is 0 Å². The SMILES string of the molecule is Cn1nc(C(F)(F)F)cc1-c1noc(-c2ncn3c2CNCC3)n1. The Kier molecular flexibility index (Phi) is 3.20. The number of fused-ring (bicyclic) bond motifs is 1. The third kappa shape index (κ3) is 2.37. The summed E-state index contributed by atoms with van der Waals surface area (Å²) in [6, 6.07) is 0.888. The number of rotatable bonds is 2. The molecule has 4 heterocycles. The molecule has 4 rings (SSSR count). The van der Waals surface area contributed by atoms with Crippen LogP contribution in [0.1, 0.15) is 11.4 Å². The Hall–Kier alpha value is -2.69. The van der Waals surface area contributed by atoms with Crippen molar-refractivity contribution in [3.8, 4) is 23.1 Å². The van der Waals surface area contributed by atoms with Crippen molar-refractivity contribution in [2.75, 3.05) is 6.54 Å². The van der Waals surface area contributed by atoms with Gasteiger partial charge in [0.2, 0.25) is 5.82 Å². The first-order valence-corrected chi connectivity index (χ1v) is 7.14. The highest BCUT2D eigenvalue weighted by Gasteiger charge is 2.35. The molecule has 0 bridgehead atoms. The van der Waals surface area contributed by atoms with Gasteiger partial charge in [0.05, 0.1) is 12.0 Å². The van der Waals surface area contributed by atoms with Crippen LogP contribution >= 0.6 is 0 Å². The largest absolute Gasteiger partial charge is 0.435 e. The normalized spacial score (nSPS) is 14.8. The molecule has 126 valence electrons. The number of imidazole rings is 1. The molecule has 0 aliphatic carbocycles. The van der Waals surface area contributed by atoms with E-state index in [0.29, 0.717) is 12.2 Å². The molecule has 11 heteroatoms. The smallest absolute Gasteiger partial charge is 0.332 e. The highest BCUT2D eigenvalue weighted by Crippen LogP contribution is 2.31.